The third-order valence-corrected chi connectivity index (χ3v) is 4.32. The number of hydrogen-bond donors (Lipinski definition) is 1. The van der Waals surface area contributed by atoms with Crippen LogP contribution in [-0.2, 0) is 16.1 Å². The van der Waals surface area contributed by atoms with E-state index < -0.39 is 12.0 Å². The minimum absolute atomic E-state index is 0.474. The van der Waals surface area contributed by atoms with Gasteiger partial charge in [-0.3, -0.25) is 9.69 Å². The van der Waals surface area contributed by atoms with E-state index in [2.05, 4.69) is 29.2 Å². The third kappa shape index (κ3) is 4.81. The molecule has 1 atom stereocenters. The van der Waals surface area contributed by atoms with Gasteiger partial charge in [0.05, 0.1) is 13.2 Å². The van der Waals surface area contributed by atoms with Gasteiger partial charge in [-0.25, -0.2) is 0 Å². The van der Waals surface area contributed by atoms with Gasteiger partial charge >= 0.3 is 0 Å². The highest BCUT2D eigenvalue weighted by Crippen LogP contribution is 2.25. The van der Waals surface area contributed by atoms with Crippen molar-refractivity contribution in [3.8, 4) is 16.9 Å². The predicted octanol–water partition coefficient (Wildman–Crippen LogP) is 2.44. The number of carbonyl (C=O) groups is 1. The first kappa shape index (κ1) is 17.5. The molecule has 132 valence electrons. The summed E-state index contributed by atoms with van der Waals surface area (Å²) < 4.78 is 11.0. The summed E-state index contributed by atoms with van der Waals surface area (Å²) in [5.74, 6) is 0.167. The smallest absolute Gasteiger partial charge is 0.258 e. The van der Waals surface area contributed by atoms with Crippen molar-refractivity contribution in [2.45, 2.75) is 19.6 Å². The van der Waals surface area contributed by atoms with Crippen LogP contribution in [0.4, 0.5) is 0 Å². The third-order valence-electron chi connectivity index (χ3n) is 4.32. The van der Waals surface area contributed by atoms with Gasteiger partial charge in [0.1, 0.15) is 5.75 Å². The minimum atomic E-state index is -0.650. The molecule has 2 aromatic rings. The number of ether oxygens (including phenoxy) is 2. The highest BCUT2D eigenvalue weighted by Gasteiger charge is 2.12. The first-order chi connectivity index (χ1) is 12.1. The number of nitrogens with zero attached hydrogens (tertiary/aromatic N) is 1. The molecule has 5 heteroatoms. The maximum atomic E-state index is 11.2. The van der Waals surface area contributed by atoms with Gasteiger partial charge < -0.3 is 15.2 Å². The Morgan fingerprint density at radius 1 is 1.16 bits per heavy atom. The molecule has 1 aliphatic heterocycles. The average Bonchev–Trinajstić information content (AvgIpc) is 2.63. The highest BCUT2D eigenvalue weighted by molar-refractivity contribution is 5.78. The van der Waals surface area contributed by atoms with E-state index in [-0.39, 0.29) is 0 Å². The van der Waals surface area contributed by atoms with Crippen molar-refractivity contribution >= 4 is 5.91 Å². The van der Waals surface area contributed by atoms with E-state index in [1.807, 2.05) is 24.3 Å². The number of carbonyl (C=O) groups excluding carboxylic acids is 1. The van der Waals surface area contributed by atoms with Gasteiger partial charge in [-0.1, -0.05) is 30.3 Å². The van der Waals surface area contributed by atoms with Crippen molar-refractivity contribution in [1.29, 1.82) is 0 Å². The lowest BCUT2D eigenvalue weighted by Gasteiger charge is -2.26. The molecule has 1 saturated heterocycles. The zero-order chi connectivity index (χ0) is 17.6. The maximum absolute atomic E-state index is 11.2. The Balaban J connectivity index is 1.75. The van der Waals surface area contributed by atoms with E-state index in [0.717, 1.165) is 44.0 Å². The lowest BCUT2D eigenvalue weighted by atomic mass is 10.0. The van der Waals surface area contributed by atoms with Crippen molar-refractivity contribution in [3.63, 3.8) is 0 Å². The molecular weight excluding hydrogens is 316 g/mol. The molecular formula is C20H24N2O3. The molecule has 1 amide bonds. The molecule has 2 aromatic carbocycles. The van der Waals surface area contributed by atoms with E-state index >= 15 is 0 Å². The SMILES string of the molecule is C[C@H](Oc1cccc(-c2cccc(CN3CCOCC3)c2)c1)C(N)=O. The number of primary amides is 1. The number of amides is 1. The van der Waals surface area contributed by atoms with Gasteiger partial charge in [0.2, 0.25) is 0 Å². The molecule has 2 N–H and O–H groups in total. The first-order valence-electron chi connectivity index (χ1n) is 8.57. The Morgan fingerprint density at radius 2 is 1.84 bits per heavy atom. The monoisotopic (exact) mass is 340 g/mol. The topological polar surface area (TPSA) is 64.8 Å². The first-order valence-corrected chi connectivity index (χ1v) is 8.57. The second kappa shape index (κ2) is 8.14. The standard InChI is InChI=1S/C20H24N2O3/c1-15(20(21)23)25-19-7-3-6-18(13-19)17-5-2-4-16(12-17)14-22-8-10-24-11-9-22/h2-7,12-13,15H,8-11,14H2,1H3,(H2,21,23)/t15-/m0/s1. The van der Waals surface area contributed by atoms with Gasteiger partial charge in [-0.05, 0) is 41.8 Å². The van der Waals surface area contributed by atoms with Crippen LogP contribution < -0.4 is 10.5 Å². The Labute approximate surface area is 148 Å². The largest absolute Gasteiger partial charge is 0.481 e. The minimum Gasteiger partial charge on any atom is -0.481 e. The summed E-state index contributed by atoms with van der Waals surface area (Å²) in [5.41, 5.74) is 8.72. The second-order valence-corrected chi connectivity index (χ2v) is 6.28. The Bertz CT molecular complexity index is 726. The number of rotatable bonds is 6. The van der Waals surface area contributed by atoms with Crippen LogP contribution in [0.5, 0.6) is 5.75 Å². The molecule has 1 fully saturated rings. The Hall–Kier alpha value is -2.37. The van der Waals surface area contributed by atoms with E-state index in [1.165, 1.54) is 5.56 Å². The summed E-state index contributed by atoms with van der Waals surface area (Å²) in [7, 11) is 0. The molecule has 0 aliphatic carbocycles. The zero-order valence-corrected chi connectivity index (χ0v) is 14.5. The average molecular weight is 340 g/mol. The Morgan fingerprint density at radius 3 is 2.56 bits per heavy atom. The molecule has 0 bridgehead atoms. The van der Waals surface area contributed by atoms with Crippen LogP contribution in [0, 0.1) is 0 Å². The van der Waals surface area contributed by atoms with Crippen LogP contribution in [-0.4, -0.2) is 43.2 Å². The molecule has 0 radical (unpaired) electrons. The van der Waals surface area contributed by atoms with E-state index in [0.29, 0.717) is 5.75 Å². The summed E-state index contributed by atoms with van der Waals surface area (Å²) >= 11 is 0. The van der Waals surface area contributed by atoms with Gasteiger partial charge in [-0.15, -0.1) is 0 Å². The summed E-state index contributed by atoms with van der Waals surface area (Å²) in [6, 6.07) is 16.2. The van der Waals surface area contributed by atoms with E-state index in [4.69, 9.17) is 15.2 Å². The molecule has 1 aliphatic rings. The zero-order valence-electron chi connectivity index (χ0n) is 14.5. The van der Waals surface area contributed by atoms with Crippen LogP contribution in [0.2, 0.25) is 0 Å². The molecule has 0 spiro atoms. The van der Waals surface area contributed by atoms with Crippen molar-refractivity contribution < 1.29 is 14.3 Å². The van der Waals surface area contributed by atoms with Gasteiger partial charge in [-0.2, -0.15) is 0 Å². The van der Waals surface area contributed by atoms with Crippen molar-refractivity contribution in [2.75, 3.05) is 26.3 Å². The summed E-state index contributed by atoms with van der Waals surface area (Å²) in [5, 5.41) is 0. The summed E-state index contributed by atoms with van der Waals surface area (Å²) in [6.45, 7) is 6.12. The van der Waals surface area contributed by atoms with Gasteiger partial charge in [0.25, 0.3) is 5.91 Å². The van der Waals surface area contributed by atoms with Crippen LogP contribution in [0.25, 0.3) is 11.1 Å². The quantitative estimate of drug-likeness (QED) is 0.877. The molecule has 1 heterocycles. The fraction of sp³-hybridized carbons (Fsp3) is 0.350. The fourth-order valence-electron chi connectivity index (χ4n) is 2.88. The van der Waals surface area contributed by atoms with E-state index in [9.17, 15) is 4.79 Å². The number of hydrogen-bond acceptors (Lipinski definition) is 4. The van der Waals surface area contributed by atoms with Crippen molar-refractivity contribution in [3.05, 3.63) is 54.1 Å². The number of benzene rings is 2. The van der Waals surface area contributed by atoms with Crippen molar-refractivity contribution in [1.82, 2.24) is 4.90 Å². The second-order valence-electron chi connectivity index (χ2n) is 6.28. The van der Waals surface area contributed by atoms with Crippen LogP contribution in [0.3, 0.4) is 0 Å². The highest BCUT2D eigenvalue weighted by atomic mass is 16.5. The molecule has 0 aromatic heterocycles. The molecule has 5 nitrogen and oxygen atoms in total. The maximum Gasteiger partial charge on any atom is 0.258 e. The summed E-state index contributed by atoms with van der Waals surface area (Å²) in [4.78, 5) is 13.6. The molecule has 0 unspecified atom stereocenters. The molecule has 25 heavy (non-hydrogen) atoms. The molecule has 0 saturated carbocycles. The predicted molar refractivity (Wildman–Crippen MR) is 97.3 cm³/mol. The Kier molecular flexibility index (Phi) is 5.68. The van der Waals surface area contributed by atoms with Gasteiger partial charge in [0.15, 0.2) is 6.10 Å². The van der Waals surface area contributed by atoms with Gasteiger partial charge in [0, 0.05) is 19.6 Å². The normalized spacial score (nSPS) is 16.4. The van der Waals surface area contributed by atoms with Crippen LogP contribution in [0.15, 0.2) is 48.5 Å². The lowest BCUT2D eigenvalue weighted by Crippen LogP contribution is -2.35. The molecule has 3 rings (SSSR count). The number of nitrogens with two attached hydrogens (primary N) is 1. The lowest BCUT2D eigenvalue weighted by molar-refractivity contribution is -0.123. The van der Waals surface area contributed by atoms with Crippen molar-refractivity contribution in [2.24, 2.45) is 5.73 Å². The van der Waals surface area contributed by atoms with Crippen LogP contribution >= 0.6 is 0 Å². The fourth-order valence-corrected chi connectivity index (χ4v) is 2.88. The van der Waals surface area contributed by atoms with E-state index in [1.54, 1.807) is 6.92 Å². The summed E-state index contributed by atoms with van der Waals surface area (Å²) in [6.07, 6.45) is -0.650. The number of morpholine rings is 1. The van der Waals surface area contributed by atoms with Crippen LogP contribution in [0.1, 0.15) is 12.5 Å².